The van der Waals surface area contributed by atoms with Crippen molar-refractivity contribution in [3.63, 3.8) is 0 Å². The standard InChI is InChI=1S/C25H30N4O3S/c1-2-20-11-13-23(14-12-20)33(31,32)28-18-15-22(16-19-28)29(24-10-6-7-17-26-24)25(30)27-21-8-4-3-5-9-21/h4,6-14,17,22H,2-3,5,15-16,18-19H2,1H3,(H,27,30). The minimum atomic E-state index is -3.56. The van der Waals surface area contributed by atoms with Crippen LogP contribution in [0.25, 0.3) is 0 Å². The number of aryl methyl sites for hydroxylation is 1. The molecule has 2 amide bonds. The molecule has 0 radical (unpaired) electrons. The third-order valence-corrected chi connectivity index (χ3v) is 8.03. The van der Waals surface area contributed by atoms with Crippen LogP contribution in [-0.4, -0.2) is 42.9 Å². The molecule has 1 saturated heterocycles. The molecule has 0 unspecified atom stereocenters. The first-order chi connectivity index (χ1) is 16.0. The van der Waals surface area contributed by atoms with Crippen LogP contribution in [0.2, 0.25) is 0 Å². The summed E-state index contributed by atoms with van der Waals surface area (Å²) in [5, 5.41) is 2.98. The molecule has 33 heavy (non-hydrogen) atoms. The van der Waals surface area contributed by atoms with Crippen LogP contribution in [0.4, 0.5) is 10.6 Å². The zero-order valence-corrected chi connectivity index (χ0v) is 19.7. The Hall–Kier alpha value is -2.97. The smallest absolute Gasteiger partial charge is 0.308 e. The van der Waals surface area contributed by atoms with E-state index >= 15 is 0 Å². The van der Waals surface area contributed by atoms with Crippen LogP contribution in [0.3, 0.4) is 0 Å². The molecule has 4 rings (SSSR count). The van der Waals surface area contributed by atoms with E-state index in [1.165, 1.54) is 4.31 Å². The van der Waals surface area contributed by atoms with Gasteiger partial charge in [-0.05, 0) is 68.0 Å². The number of anilines is 1. The fourth-order valence-corrected chi connectivity index (χ4v) is 5.70. The Morgan fingerprint density at radius 2 is 1.88 bits per heavy atom. The van der Waals surface area contributed by atoms with Crippen LogP contribution in [-0.2, 0) is 16.4 Å². The third-order valence-electron chi connectivity index (χ3n) is 6.12. The fraction of sp³-hybridized carbons (Fsp3) is 0.360. The summed E-state index contributed by atoms with van der Waals surface area (Å²) in [5.41, 5.74) is 1.88. The number of amides is 2. The van der Waals surface area contributed by atoms with Gasteiger partial charge in [0.25, 0.3) is 0 Å². The number of nitrogens with one attached hydrogen (secondary N) is 1. The summed E-state index contributed by atoms with van der Waals surface area (Å²) in [4.78, 5) is 19.6. The van der Waals surface area contributed by atoms with Gasteiger partial charge in [-0.3, -0.25) is 4.90 Å². The molecule has 1 aromatic carbocycles. The van der Waals surface area contributed by atoms with Crippen LogP contribution in [0, 0.1) is 0 Å². The van der Waals surface area contributed by atoms with Crippen molar-refractivity contribution < 1.29 is 13.2 Å². The second-order valence-corrected chi connectivity index (χ2v) is 10.2. The highest BCUT2D eigenvalue weighted by Gasteiger charge is 2.34. The van der Waals surface area contributed by atoms with Gasteiger partial charge in [-0.15, -0.1) is 0 Å². The summed E-state index contributed by atoms with van der Waals surface area (Å²) in [6, 6.07) is 12.2. The maximum Gasteiger partial charge on any atom is 0.327 e. The minimum absolute atomic E-state index is 0.151. The number of hydrogen-bond donors (Lipinski definition) is 1. The lowest BCUT2D eigenvalue weighted by Crippen LogP contribution is -2.52. The number of aromatic nitrogens is 1. The highest BCUT2D eigenvalue weighted by molar-refractivity contribution is 7.89. The molecule has 0 bridgehead atoms. The minimum Gasteiger partial charge on any atom is -0.308 e. The van der Waals surface area contributed by atoms with E-state index in [2.05, 4.69) is 10.3 Å². The molecular formula is C25H30N4O3S. The van der Waals surface area contributed by atoms with E-state index in [9.17, 15) is 13.2 Å². The number of carbonyl (C=O) groups is 1. The third kappa shape index (κ3) is 5.34. The molecule has 2 heterocycles. The van der Waals surface area contributed by atoms with Gasteiger partial charge in [0.15, 0.2) is 0 Å². The van der Waals surface area contributed by atoms with Crippen molar-refractivity contribution in [2.75, 3.05) is 18.0 Å². The largest absolute Gasteiger partial charge is 0.327 e. The van der Waals surface area contributed by atoms with Crippen LogP contribution in [0.15, 0.2) is 77.5 Å². The quantitative estimate of drug-likeness (QED) is 0.690. The number of carbonyl (C=O) groups excluding carboxylic acids is 1. The average Bonchev–Trinajstić information content (AvgIpc) is 2.86. The Bertz CT molecular complexity index is 1120. The van der Waals surface area contributed by atoms with E-state index in [0.717, 1.165) is 30.5 Å². The van der Waals surface area contributed by atoms with Gasteiger partial charge >= 0.3 is 6.03 Å². The van der Waals surface area contributed by atoms with Crippen molar-refractivity contribution in [3.05, 3.63) is 78.1 Å². The molecule has 1 aliphatic heterocycles. The molecule has 2 aliphatic rings. The van der Waals surface area contributed by atoms with Crippen LogP contribution in [0.1, 0.15) is 38.2 Å². The van der Waals surface area contributed by atoms with E-state index < -0.39 is 10.0 Å². The number of pyridine rings is 1. The van der Waals surface area contributed by atoms with E-state index in [0.29, 0.717) is 36.6 Å². The second kappa shape index (κ2) is 10.3. The lowest BCUT2D eigenvalue weighted by Gasteiger charge is -2.37. The predicted molar refractivity (Wildman–Crippen MR) is 129 cm³/mol. The Kier molecular flexibility index (Phi) is 7.25. The summed E-state index contributed by atoms with van der Waals surface area (Å²) in [6.07, 6.45) is 11.4. The van der Waals surface area contributed by atoms with Gasteiger partial charge in [-0.2, -0.15) is 4.31 Å². The normalized spacial score (nSPS) is 17.4. The van der Waals surface area contributed by atoms with E-state index in [1.807, 2.05) is 55.5 Å². The molecule has 8 heteroatoms. The average molecular weight is 467 g/mol. The first kappa shape index (κ1) is 23.2. The number of benzene rings is 1. The van der Waals surface area contributed by atoms with Crippen molar-refractivity contribution in [2.45, 2.75) is 50.0 Å². The first-order valence-corrected chi connectivity index (χ1v) is 12.9. The van der Waals surface area contributed by atoms with Crippen molar-refractivity contribution in [1.29, 1.82) is 0 Å². The highest BCUT2D eigenvalue weighted by Crippen LogP contribution is 2.26. The van der Waals surface area contributed by atoms with Crippen molar-refractivity contribution in [2.24, 2.45) is 0 Å². The molecule has 2 aromatic rings. The summed E-state index contributed by atoms with van der Waals surface area (Å²) >= 11 is 0. The van der Waals surface area contributed by atoms with Gasteiger partial charge in [0.1, 0.15) is 5.82 Å². The Labute approximate surface area is 195 Å². The molecule has 0 saturated carbocycles. The van der Waals surface area contributed by atoms with Gasteiger partial charge < -0.3 is 5.32 Å². The molecule has 1 fully saturated rings. The molecule has 1 aromatic heterocycles. The maximum atomic E-state index is 13.2. The molecule has 1 aliphatic carbocycles. The number of urea groups is 1. The van der Waals surface area contributed by atoms with Crippen molar-refractivity contribution in [1.82, 2.24) is 14.6 Å². The molecule has 0 atom stereocenters. The van der Waals surface area contributed by atoms with Crippen molar-refractivity contribution in [3.8, 4) is 0 Å². The van der Waals surface area contributed by atoms with Gasteiger partial charge in [0.05, 0.1) is 4.90 Å². The van der Waals surface area contributed by atoms with Crippen LogP contribution < -0.4 is 10.2 Å². The SMILES string of the molecule is CCc1ccc(S(=O)(=O)N2CCC(N(C(=O)NC3=CCCC=C3)c3ccccn3)CC2)cc1. The number of rotatable bonds is 6. The van der Waals surface area contributed by atoms with Crippen LogP contribution in [0.5, 0.6) is 0 Å². The topological polar surface area (TPSA) is 82.6 Å². The molecule has 174 valence electrons. The monoisotopic (exact) mass is 466 g/mol. The Morgan fingerprint density at radius 1 is 1.12 bits per heavy atom. The van der Waals surface area contributed by atoms with Gasteiger partial charge in [-0.25, -0.2) is 18.2 Å². The second-order valence-electron chi connectivity index (χ2n) is 8.26. The zero-order valence-electron chi connectivity index (χ0n) is 18.9. The predicted octanol–water partition coefficient (Wildman–Crippen LogP) is 4.25. The van der Waals surface area contributed by atoms with Crippen LogP contribution >= 0.6 is 0 Å². The van der Waals surface area contributed by atoms with Gasteiger partial charge in [0, 0.05) is 31.0 Å². The maximum absolute atomic E-state index is 13.2. The Balaban J connectivity index is 1.49. The summed E-state index contributed by atoms with van der Waals surface area (Å²) in [7, 11) is -3.56. The van der Waals surface area contributed by atoms with Gasteiger partial charge in [-0.1, -0.05) is 37.3 Å². The molecule has 7 nitrogen and oxygen atoms in total. The number of sulfonamides is 1. The number of allylic oxidation sites excluding steroid dienone is 3. The van der Waals surface area contributed by atoms with E-state index in [4.69, 9.17) is 0 Å². The summed E-state index contributed by atoms with van der Waals surface area (Å²) in [6.45, 7) is 2.74. The number of piperidine rings is 1. The number of hydrogen-bond acceptors (Lipinski definition) is 4. The van der Waals surface area contributed by atoms with Crippen molar-refractivity contribution >= 4 is 21.9 Å². The lowest BCUT2D eigenvalue weighted by molar-refractivity contribution is 0.240. The zero-order chi connectivity index (χ0) is 23.3. The summed E-state index contributed by atoms with van der Waals surface area (Å²) < 4.78 is 27.8. The van der Waals surface area contributed by atoms with Gasteiger partial charge in [0.2, 0.25) is 10.0 Å². The fourth-order valence-electron chi connectivity index (χ4n) is 4.23. The Morgan fingerprint density at radius 3 is 2.48 bits per heavy atom. The number of nitrogens with zero attached hydrogens (tertiary/aromatic N) is 3. The lowest BCUT2D eigenvalue weighted by atomic mass is 10.0. The highest BCUT2D eigenvalue weighted by atomic mass is 32.2. The first-order valence-electron chi connectivity index (χ1n) is 11.5. The van der Waals surface area contributed by atoms with E-state index in [1.54, 1.807) is 23.2 Å². The molecule has 0 spiro atoms. The molecule has 1 N–H and O–H groups in total. The van der Waals surface area contributed by atoms with E-state index in [-0.39, 0.29) is 12.1 Å². The summed E-state index contributed by atoms with van der Waals surface area (Å²) in [5.74, 6) is 0.562. The molecular weight excluding hydrogens is 436 g/mol.